The van der Waals surface area contributed by atoms with Gasteiger partial charge in [-0.2, -0.15) is 0 Å². The predicted molar refractivity (Wildman–Crippen MR) is 177 cm³/mol. The third kappa shape index (κ3) is 4.57. The van der Waals surface area contributed by atoms with E-state index in [0.717, 1.165) is 19.9 Å². The van der Waals surface area contributed by atoms with Crippen molar-refractivity contribution in [1.29, 1.82) is 0 Å². The summed E-state index contributed by atoms with van der Waals surface area (Å²) in [6.45, 7) is 7.65. The van der Waals surface area contributed by atoms with Gasteiger partial charge in [-0.25, -0.2) is 0 Å². The largest absolute Gasteiger partial charge is 0.507 e. The summed E-state index contributed by atoms with van der Waals surface area (Å²) >= 11 is 0. The summed E-state index contributed by atoms with van der Waals surface area (Å²) in [6, 6.07) is 4.74. The minimum Gasteiger partial charge on any atom is -0.507 e. The Labute approximate surface area is 301 Å². The molecule has 5 N–H and O–H groups in total. The van der Waals surface area contributed by atoms with Crippen LogP contribution in [-0.2, 0) is 33.4 Å². The summed E-state index contributed by atoms with van der Waals surface area (Å²) in [5, 5.41) is 57.7. The lowest BCUT2D eigenvalue weighted by atomic mass is 9.56. The van der Waals surface area contributed by atoms with Crippen LogP contribution in [0.5, 0.6) is 11.5 Å². The van der Waals surface area contributed by atoms with Crippen LogP contribution in [0.25, 0.3) is 11.1 Å². The fraction of sp³-hybridized carbons (Fsp3) is 0.447. The molecule has 1 saturated carbocycles. The van der Waals surface area contributed by atoms with Crippen molar-refractivity contribution in [1.82, 2.24) is 0 Å². The quantitative estimate of drug-likeness (QED) is 0.167. The topological polar surface area (TPSA) is 252 Å². The van der Waals surface area contributed by atoms with E-state index in [0.29, 0.717) is 0 Å². The van der Waals surface area contributed by atoms with Crippen LogP contribution in [-0.4, -0.2) is 101 Å². The summed E-state index contributed by atoms with van der Waals surface area (Å²) in [7, 11) is 0. The first-order chi connectivity index (χ1) is 24.6. The highest BCUT2D eigenvalue weighted by atomic mass is 16.7. The number of hydrogen-bond acceptors (Lipinski definition) is 15. The Balaban J connectivity index is 1.35. The van der Waals surface area contributed by atoms with Crippen molar-refractivity contribution in [3.8, 4) is 22.6 Å². The van der Waals surface area contributed by atoms with Crippen LogP contribution in [0, 0.1) is 11.8 Å². The van der Waals surface area contributed by atoms with Crippen molar-refractivity contribution in [2.24, 2.45) is 11.8 Å². The van der Waals surface area contributed by atoms with E-state index in [-0.39, 0.29) is 27.8 Å². The summed E-state index contributed by atoms with van der Waals surface area (Å²) in [5.41, 5.74) is -11.3. The number of epoxide rings is 1. The number of Topliss-reactive ketones (excluding diaryl/α,β-unsaturated/α-hetero) is 5. The molecule has 0 aromatic heterocycles. The lowest BCUT2D eigenvalue weighted by molar-refractivity contribution is -0.162. The van der Waals surface area contributed by atoms with E-state index < -0.39 is 134 Å². The molecule has 9 atom stereocenters. The first kappa shape index (κ1) is 36.3. The molecule has 0 spiro atoms. The van der Waals surface area contributed by atoms with E-state index in [4.69, 9.17) is 14.2 Å². The van der Waals surface area contributed by atoms with E-state index in [1.165, 1.54) is 45.9 Å². The average molecular weight is 733 g/mol. The Bertz CT molecular complexity index is 2170. The molecule has 2 fully saturated rings. The second kappa shape index (κ2) is 11.2. The molecule has 0 unspecified atom stereocenters. The highest BCUT2D eigenvalue weighted by Gasteiger charge is 2.90. The molecule has 5 aliphatic rings. The highest BCUT2D eigenvalue weighted by molar-refractivity contribution is 6.38. The molecule has 2 aromatic rings. The number of hydrogen-bond donors (Lipinski definition) is 5. The number of carbonyl (C=O) groups excluding carboxylic acids is 7. The molecule has 2 aromatic carbocycles. The van der Waals surface area contributed by atoms with E-state index in [2.05, 4.69) is 0 Å². The van der Waals surface area contributed by atoms with E-state index in [1.54, 1.807) is 0 Å². The van der Waals surface area contributed by atoms with Gasteiger partial charge in [0, 0.05) is 60.1 Å². The number of phenols is 2. The number of aliphatic hydroxyl groups is 3. The Morgan fingerprint density at radius 2 is 1.32 bits per heavy atom. The first-order valence-corrected chi connectivity index (χ1v) is 16.9. The van der Waals surface area contributed by atoms with Crippen LogP contribution in [0.15, 0.2) is 35.4 Å². The zero-order valence-corrected chi connectivity index (χ0v) is 29.4. The van der Waals surface area contributed by atoms with Gasteiger partial charge in [0.05, 0.1) is 34.2 Å². The zero-order valence-electron chi connectivity index (χ0n) is 29.4. The minimum absolute atomic E-state index is 0.236. The van der Waals surface area contributed by atoms with Gasteiger partial charge in [-0.15, -0.1) is 0 Å². The van der Waals surface area contributed by atoms with Gasteiger partial charge in [0.2, 0.25) is 5.78 Å². The van der Waals surface area contributed by atoms with Gasteiger partial charge in [0.1, 0.15) is 29.8 Å². The summed E-state index contributed by atoms with van der Waals surface area (Å²) < 4.78 is 16.5. The summed E-state index contributed by atoms with van der Waals surface area (Å²) in [6.07, 6.45) is -5.49. The number of allylic oxidation sites excluding steroid dienone is 1. The van der Waals surface area contributed by atoms with Crippen LogP contribution in [0.3, 0.4) is 0 Å². The first-order valence-electron chi connectivity index (χ1n) is 16.9. The molecular weight excluding hydrogens is 696 g/mol. The fourth-order valence-corrected chi connectivity index (χ4v) is 9.64. The van der Waals surface area contributed by atoms with E-state index in [1.807, 2.05) is 0 Å². The normalized spacial score (nSPS) is 33.9. The van der Waals surface area contributed by atoms with Gasteiger partial charge in [-0.05, 0) is 45.9 Å². The SMILES string of the molecule is CC(=O)O[C@H](C)[C@@H]1C2=C(C(=O)C[C@]1(C)O)C(=O)c1c(ccc(-c3ccc4c(c3O)[C@@H](O)[C@]35O[C@@]3(C4=O)[C@@H]([C@@H](C)OC(C)=O)[C@@](C)(O)CC5=O)c1O)C2=O. The van der Waals surface area contributed by atoms with Crippen LogP contribution >= 0.6 is 0 Å². The van der Waals surface area contributed by atoms with Crippen LogP contribution < -0.4 is 0 Å². The van der Waals surface area contributed by atoms with Crippen molar-refractivity contribution in [2.45, 2.75) is 95.1 Å². The molecular formula is C38H36O15. The summed E-state index contributed by atoms with van der Waals surface area (Å²) in [4.78, 5) is 93.0. The van der Waals surface area contributed by atoms with Crippen molar-refractivity contribution in [3.05, 3.63) is 57.7 Å². The monoisotopic (exact) mass is 732 g/mol. The standard InChI is InChI=1S/C38H36O15/c1-13(51-15(3)39)27-26-25(21(41)11-35(27,5)49)31(46)23-19(30(26)45)9-7-17(28(23)43)18-8-10-20-24(29(18)44)34(48)37-22(42)12-36(6,50)32(14(2)52-16(4)40)38(37,53-37)33(20)47/h7-10,13-14,27,32,34,43-44,48-50H,11-12H2,1-6H3/t13-,14-,27-,32+,34-,35+,36+,37+,38-/m1/s1. The van der Waals surface area contributed by atoms with Crippen molar-refractivity contribution in [3.63, 3.8) is 0 Å². The molecule has 15 heteroatoms. The molecule has 0 amide bonds. The van der Waals surface area contributed by atoms with Gasteiger partial charge < -0.3 is 39.7 Å². The van der Waals surface area contributed by atoms with Crippen molar-refractivity contribution in [2.75, 3.05) is 0 Å². The van der Waals surface area contributed by atoms with E-state index >= 15 is 0 Å². The second-order valence-electron chi connectivity index (χ2n) is 15.1. The number of aromatic hydroxyl groups is 2. The molecule has 1 saturated heterocycles. The maximum atomic E-state index is 14.3. The third-order valence-electron chi connectivity index (χ3n) is 11.4. The number of carbonyl (C=O) groups is 7. The molecule has 1 aliphatic heterocycles. The summed E-state index contributed by atoms with van der Waals surface area (Å²) in [5.74, 6) is -10.2. The molecule has 53 heavy (non-hydrogen) atoms. The van der Waals surface area contributed by atoms with Crippen LogP contribution in [0.1, 0.15) is 97.1 Å². The maximum absolute atomic E-state index is 14.3. The van der Waals surface area contributed by atoms with Crippen LogP contribution in [0.4, 0.5) is 0 Å². The Morgan fingerprint density at radius 1 is 0.774 bits per heavy atom. The lowest BCUT2D eigenvalue weighted by Crippen LogP contribution is -2.65. The van der Waals surface area contributed by atoms with Gasteiger partial charge in [-0.3, -0.25) is 33.6 Å². The molecule has 0 bridgehead atoms. The third-order valence-corrected chi connectivity index (χ3v) is 11.4. The van der Waals surface area contributed by atoms with Crippen LogP contribution in [0.2, 0.25) is 0 Å². The van der Waals surface area contributed by atoms with Gasteiger partial charge in [-0.1, -0.05) is 6.07 Å². The average Bonchev–Trinajstić information content (AvgIpc) is 3.73. The fourth-order valence-electron chi connectivity index (χ4n) is 9.64. The molecule has 1 heterocycles. The number of ether oxygens (including phenoxy) is 3. The smallest absolute Gasteiger partial charge is 0.302 e. The van der Waals surface area contributed by atoms with Crippen molar-refractivity contribution >= 4 is 40.9 Å². The number of phenolic OH excluding ortho intramolecular Hbond substituents is 2. The Kier molecular flexibility index (Phi) is 7.67. The molecule has 7 rings (SSSR count). The van der Waals surface area contributed by atoms with Gasteiger partial charge >= 0.3 is 11.9 Å². The highest BCUT2D eigenvalue weighted by Crippen LogP contribution is 2.71. The second-order valence-corrected chi connectivity index (χ2v) is 15.1. The molecule has 4 aliphatic carbocycles. The predicted octanol–water partition coefficient (Wildman–Crippen LogP) is 1.76. The zero-order chi connectivity index (χ0) is 39.1. The maximum Gasteiger partial charge on any atom is 0.302 e. The number of benzene rings is 2. The Hall–Kier alpha value is -5.09. The Morgan fingerprint density at radius 3 is 1.92 bits per heavy atom. The minimum atomic E-state index is -2.26. The number of fused-ring (bicyclic) bond motifs is 2. The molecule has 0 radical (unpaired) electrons. The molecule has 278 valence electrons. The van der Waals surface area contributed by atoms with Crippen molar-refractivity contribution < 1.29 is 73.3 Å². The van der Waals surface area contributed by atoms with Gasteiger partial charge in [0.25, 0.3) is 0 Å². The number of ketones is 5. The van der Waals surface area contributed by atoms with Gasteiger partial charge in [0.15, 0.2) is 34.3 Å². The number of rotatable bonds is 5. The van der Waals surface area contributed by atoms with E-state index in [9.17, 15) is 59.1 Å². The number of aliphatic hydroxyl groups excluding tert-OH is 1. The lowest BCUT2D eigenvalue weighted by Gasteiger charge is -2.46. The number of esters is 2. The molecule has 15 nitrogen and oxygen atoms in total.